The van der Waals surface area contributed by atoms with Crippen LogP contribution in [0.2, 0.25) is 0 Å². The number of hydrogen-bond acceptors (Lipinski definition) is 4. The third kappa shape index (κ3) is 3.60. The van der Waals surface area contributed by atoms with Crippen LogP contribution in [0.25, 0.3) is 0 Å². The Morgan fingerprint density at radius 3 is 2.63 bits per heavy atom. The van der Waals surface area contributed by atoms with E-state index in [-0.39, 0.29) is 0 Å². The fourth-order valence-corrected chi connectivity index (χ4v) is 2.78. The summed E-state index contributed by atoms with van der Waals surface area (Å²) in [6.45, 7) is 3.21. The third-order valence-electron chi connectivity index (χ3n) is 4.15. The van der Waals surface area contributed by atoms with Crippen molar-refractivity contribution in [2.24, 2.45) is 11.8 Å². The van der Waals surface area contributed by atoms with E-state index in [0.29, 0.717) is 17.1 Å². The highest BCUT2D eigenvalue weighted by atomic mass is 15.0. The van der Waals surface area contributed by atoms with Crippen molar-refractivity contribution in [3.05, 3.63) is 17.8 Å². The summed E-state index contributed by atoms with van der Waals surface area (Å²) >= 11 is 0. The van der Waals surface area contributed by atoms with Crippen LogP contribution in [0.15, 0.2) is 12.3 Å². The third-order valence-corrected chi connectivity index (χ3v) is 4.15. The second-order valence-corrected chi connectivity index (χ2v) is 5.45. The molecule has 1 aliphatic carbocycles. The van der Waals surface area contributed by atoms with Gasteiger partial charge in [-0.3, -0.25) is 0 Å². The van der Waals surface area contributed by atoms with Crippen molar-refractivity contribution in [3.8, 4) is 6.07 Å². The predicted molar refractivity (Wildman–Crippen MR) is 77.6 cm³/mol. The van der Waals surface area contributed by atoms with E-state index in [1.807, 2.05) is 6.07 Å². The van der Waals surface area contributed by atoms with E-state index in [0.717, 1.165) is 18.4 Å². The molecule has 4 heteroatoms. The van der Waals surface area contributed by atoms with Gasteiger partial charge in [0.05, 0.1) is 11.3 Å². The second-order valence-electron chi connectivity index (χ2n) is 5.45. The van der Waals surface area contributed by atoms with Gasteiger partial charge in [-0.1, -0.05) is 26.2 Å². The summed E-state index contributed by atoms with van der Waals surface area (Å²) < 4.78 is 0. The van der Waals surface area contributed by atoms with Crippen LogP contribution >= 0.6 is 0 Å². The van der Waals surface area contributed by atoms with Crippen molar-refractivity contribution in [1.82, 2.24) is 4.98 Å². The maximum atomic E-state index is 8.77. The molecule has 1 fully saturated rings. The van der Waals surface area contributed by atoms with Gasteiger partial charge in [-0.05, 0) is 30.7 Å². The number of nitrogen functional groups attached to an aromatic ring is 1. The molecule has 0 aromatic carbocycles. The SMILES string of the molecule is CCC1CCC(CNc2ncc(C#N)cc2N)CC1. The number of nitrogens with two attached hydrogens (primary N) is 1. The summed E-state index contributed by atoms with van der Waals surface area (Å²) in [5.41, 5.74) is 6.94. The molecule has 0 saturated heterocycles. The standard InChI is InChI=1S/C15H22N4/c1-2-11-3-5-12(6-4-11)9-18-15-14(17)7-13(8-16)10-19-15/h7,10-12H,2-6,9,17H2,1H3,(H,18,19). The monoisotopic (exact) mass is 258 g/mol. The van der Waals surface area contributed by atoms with E-state index in [1.54, 1.807) is 12.3 Å². The van der Waals surface area contributed by atoms with Crippen LogP contribution in [0.4, 0.5) is 11.5 Å². The molecule has 19 heavy (non-hydrogen) atoms. The molecule has 0 spiro atoms. The maximum absolute atomic E-state index is 8.77. The molecule has 1 aromatic rings. The molecular weight excluding hydrogens is 236 g/mol. The first kappa shape index (κ1) is 13.7. The Morgan fingerprint density at radius 1 is 1.37 bits per heavy atom. The zero-order valence-electron chi connectivity index (χ0n) is 11.5. The largest absolute Gasteiger partial charge is 0.396 e. The fraction of sp³-hybridized carbons (Fsp3) is 0.600. The number of nitriles is 1. The van der Waals surface area contributed by atoms with E-state index < -0.39 is 0 Å². The Kier molecular flexibility index (Phi) is 4.62. The molecule has 0 aliphatic heterocycles. The molecule has 0 amide bonds. The molecule has 1 aromatic heterocycles. The minimum atomic E-state index is 0.506. The molecule has 102 valence electrons. The summed E-state index contributed by atoms with van der Waals surface area (Å²) in [5.74, 6) is 2.35. The van der Waals surface area contributed by atoms with Gasteiger partial charge in [-0.2, -0.15) is 5.26 Å². The molecule has 1 heterocycles. The van der Waals surface area contributed by atoms with Crippen molar-refractivity contribution in [2.45, 2.75) is 39.0 Å². The van der Waals surface area contributed by atoms with Crippen LogP contribution in [-0.4, -0.2) is 11.5 Å². The predicted octanol–water partition coefficient (Wildman–Crippen LogP) is 3.16. The van der Waals surface area contributed by atoms with Gasteiger partial charge in [0.1, 0.15) is 11.9 Å². The van der Waals surface area contributed by atoms with Gasteiger partial charge in [0.2, 0.25) is 0 Å². The molecular formula is C15H22N4. The van der Waals surface area contributed by atoms with Crippen molar-refractivity contribution >= 4 is 11.5 Å². The molecule has 0 radical (unpaired) electrons. The number of aromatic nitrogens is 1. The lowest BCUT2D eigenvalue weighted by molar-refractivity contribution is 0.278. The Hall–Kier alpha value is -1.76. The molecule has 0 atom stereocenters. The molecule has 2 rings (SSSR count). The van der Waals surface area contributed by atoms with Gasteiger partial charge >= 0.3 is 0 Å². The van der Waals surface area contributed by atoms with Crippen molar-refractivity contribution in [1.29, 1.82) is 5.26 Å². The summed E-state index contributed by atoms with van der Waals surface area (Å²) in [6.07, 6.45) is 8.15. The minimum absolute atomic E-state index is 0.506. The lowest BCUT2D eigenvalue weighted by atomic mass is 9.81. The number of nitrogens with zero attached hydrogens (tertiary/aromatic N) is 2. The molecule has 1 aliphatic rings. The first-order valence-corrected chi connectivity index (χ1v) is 7.12. The van der Waals surface area contributed by atoms with E-state index in [1.165, 1.54) is 32.1 Å². The van der Waals surface area contributed by atoms with Crippen LogP contribution in [0, 0.1) is 23.2 Å². The molecule has 3 N–H and O–H groups in total. The van der Waals surface area contributed by atoms with Crippen LogP contribution in [0.1, 0.15) is 44.6 Å². The van der Waals surface area contributed by atoms with Crippen molar-refractivity contribution in [3.63, 3.8) is 0 Å². The summed E-state index contributed by atoms with van der Waals surface area (Å²) in [5, 5.41) is 12.1. The molecule has 1 saturated carbocycles. The second kappa shape index (κ2) is 6.42. The molecule has 0 bridgehead atoms. The number of anilines is 2. The highest BCUT2D eigenvalue weighted by Crippen LogP contribution is 2.30. The Bertz CT molecular complexity index is 456. The summed E-state index contributed by atoms with van der Waals surface area (Å²) in [4.78, 5) is 4.21. The number of hydrogen-bond donors (Lipinski definition) is 2. The van der Waals surface area contributed by atoms with Gasteiger partial charge in [-0.25, -0.2) is 4.98 Å². The van der Waals surface area contributed by atoms with Crippen LogP contribution in [0.5, 0.6) is 0 Å². The number of pyridine rings is 1. The first-order chi connectivity index (χ1) is 9.22. The summed E-state index contributed by atoms with van der Waals surface area (Å²) in [6, 6.07) is 3.71. The van der Waals surface area contributed by atoms with E-state index in [2.05, 4.69) is 17.2 Å². The Morgan fingerprint density at radius 2 is 2.05 bits per heavy atom. The normalized spacial score (nSPS) is 22.7. The smallest absolute Gasteiger partial charge is 0.149 e. The van der Waals surface area contributed by atoms with E-state index in [4.69, 9.17) is 11.0 Å². The average molecular weight is 258 g/mol. The van der Waals surface area contributed by atoms with Gasteiger partial charge in [0.15, 0.2) is 0 Å². The lowest BCUT2D eigenvalue weighted by Crippen LogP contribution is -2.21. The maximum Gasteiger partial charge on any atom is 0.149 e. The van der Waals surface area contributed by atoms with Gasteiger partial charge in [0, 0.05) is 12.7 Å². The zero-order chi connectivity index (χ0) is 13.7. The minimum Gasteiger partial charge on any atom is -0.396 e. The number of nitrogens with one attached hydrogen (secondary N) is 1. The van der Waals surface area contributed by atoms with Crippen molar-refractivity contribution < 1.29 is 0 Å². The average Bonchev–Trinajstić information content (AvgIpc) is 2.46. The topological polar surface area (TPSA) is 74.7 Å². The van der Waals surface area contributed by atoms with Gasteiger partial charge in [-0.15, -0.1) is 0 Å². The fourth-order valence-electron chi connectivity index (χ4n) is 2.78. The van der Waals surface area contributed by atoms with Crippen LogP contribution in [0.3, 0.4) is 0 Å². The van der Waals surface area contributed by atoms with E-state index in [9.17, 15) is 0 Å². The first-order valence-electron chi connectivity index (χ1n) is 7.12. The van der Waals surface area contributed by atoms with Gasteiger partial charge < -0.3 is 11.1 Å². The highest BCUT2D eigenvalue weighted by molar-refractivity contribution is 5.63. The van der Waals surface area contributed by atoms with Gasteiger partial charge in [0.25, 0.3) is 0 Å². The Balaban J connectivity index is 1.85. The lowest BCUT2D eigenvalue weighted by Gasteiger charge is -2.28. The molecule has 4 nitrogen and oxygen atoms in total. The van der Waals surface area contributed by atoms with E-state index >= 15 is 0 Å². The summed E-state index contributed by atoms with van der Waals surface area (Å²) in [7, 11) is 0. The van der Waals surface area contributed by atoms with Crippen LogP contribution < -0.4 is 11.1 Å². The number of rotatable bonds is 4. The molecule has 0 unspecified atom stereocenters. The Labute approximate surface area is 115 Å². The van der Waals surface area contributed by atoms with Crippen molar-refractivity contribution in [2.75, 3.05) is 17.6 Å². The zero-order valence-corrected chi connectivity index (χ0v) is 11.5. The van der Waals surface area contributed by atoms with Crippen LogP contribution in [-0.2, 0) is 0 Å². The quantitative estimate of drug-likeness (QED) is 0.869. The highest BCUT2D eigenvalue weighted by Gasteiger charge is 2.19.